The van der Waals surface area contributed by atoms with Gasteiger partial charge in [0.2, 0.25) is 0 Å². The standard InChI is InChI=1S/C27H27NO5/c1-31-25-17-23(13-14-24(25)32-18-20-7-3-2-4-8-20)27(30)33-19-21-9-11-22(12-10-21)26(29)28-15-5-6-16-28/h2-4,7-14,17H,5-6,15-16,18-19H2,1H3. The second-order valence-corrected chi connectivity index (χ2v) is 7.91. The third-order valence-corrected chi connectivity index (χ3v) is 5.60. The van der Waals surface area contributed by atoms with Crippen molar-refractivity contribution >= 4 is 11.9 Å². The molecule has 0 spiro atoms. The van der Waals surface area contributed by atoms with E-state index in [0.717, 1.165) is 37.1 Å². The minimum Gasteiger partial charge on any atom is -0.493 e. The first-order valence-corrected chi connectivity index (χ1v) is 11.0. The highest BCUT2D eigenvalue weighted by atomic mass is 16.5. The Morgan fingerprint density at radius 1 is 0.788 bits per heavy atom. The Balaban J connectivity index is 1.33. The molecule has 6 heteroatoms. The van der Waals surface area contributed by atoms with E-state index in [-0.39, 0.29) is 12.5 Å². The van der Waals surface area contributed by atoms with Crippen LogP contribution in [0, 0.1) is 0 Å². The van der Waals surface area contributed by atoms with E-state index in [4.69, 9.17) is 14.2 Å². The van der Waals surface area contributed by atoms with Crippen LogP contribution in [-0.2, 0) is 18.0 Å². The zero-order valence-electron chi connectivity index (χ0n) is 18.7. The molecular weight excluding hydrogens is 418 g/mol. The van der Waals surface area contributed by atoms with Crippen LogP contribution in [0.3, 0.4) is 0 Å². The van der Waals surface area contributed by atoms with Gasteiger partial charge in [-0.25, -0.2) is 4.79 Å². The number of amides is 1. The van der Waals surface area contributed by atoms with Crippen LogP contribution < -0.4 is 9.47 Å². The first-order chi connectivity index (χ1) is 16.1. The van der Waals surface area contributed by atoms with E-state index in [2.05, 4.69) is 0 Å². The fraction of sp³-hybridized carbons (Fsp3) is 0.259. The van der Waals surface area contributed by atoms with Gasteiger partial charge in [0.1, 0.15) is 13.2 Å². The molecule has 0 atom stereocenters. The third kappa shape index (κ3) is 5.71. The molecule has 1 aliphatic rings. The fourth-order valence-electron chi connectivity index (χ4n) is 3.73. The predicted molar refractivity (Wildman–Crippen MR) is 124 cm³/mol. The summed E-state index contributed by atoms with van der Waals surface area (Å²) in [7, 11) is 1.53. The summed E-state index contributed by atoms with van der Waals surface area (Å²) in [4.78, 5) is 26.9. The van der Waals surface area contributed by atoms with Gasteiger partial charge in [0.15, 0.2) is 11.5 Å². The lowest BCUT2D eigenvalue weighted by atomic mass is 10.1. The molecule has 170 valence electrons. The van der Waals surface area contributed by atoms with Gasteiger partial charge in [-0.2, -0.15) is 0 Å². The van der Waals surface area contributed by atoms with Gasteiger partial charge in [0.05, 0.1) is 12.7 Å². The molecule has 4 rings (SSSR count). The Morgan fingerprint density at radius 3 is 2.15 bits per heavy atom. The molecule has 1 fully saturated rings. The highest BCUT2D eigenvalue weighted by Crippen LogP contribution is 2.29. The maximum Gasteiger partial charge on any atom is 0.338 e. The molecule has 1 heterocycles. The van der Waals surface area contributed by atoms with Crippen molar-refractivity contribution in [2.24, 2.45) is 0 Å². The lowest BCUT2D eigenvalue weighted by Crippen LogP contribution is -2.27. The highest BCUT2D eigenvalue weighted by Gasteiger charge is 2.19. The summed E-state index contributed by atoms with van der Waals surface area (Å²) in [6, 6.07) is 22.0. The summed E-state index contributed by atoms with van der Waals surface area (Å²) >= 11 is 0. The number of methoxy groups -OCH3 is 1. The van der Waals surface area contributed by atoms with Gasteiger partial charge in [0, 0.05) is 18.7 Å². The Labute approximate surface area is 193 Å². The van der Waals surface area contributed by atoms with Crippen molar-refractivity contribution in [3.63, 3.8) is 0 Å². The van der Waals surface area contributed by atoms with Crippen molar-refractivity contribution in [1.29, 1.82) is 0 Å². The van der Waals surface area contributed by atoms with Crippen molar-refractivity contribution in [1.82, 2.24) is 4.90 Å². The summed E-state index contributed by atoms with van der Waals surface area (Å²) in [6.45, 7) is 2.15. The normalized spacial score (nSPS) is 12.9. The third-order valence-electron chi connectivity index (χ3n) is 5.60. The first kappa shape index (κ1) is 22.4. The average molecular weight is 446 g/mol. The Kier molecular flexibility index (Phi) is 7.25. The number of carbonyl (C=O) groups excluding carboxylic acids is 2. The molecule has 0 saturated carbocycles. The summed E-state index contributed by atoms with van der Waals surface area (Å²) < 4.78 is 16.7. The van der Waals surface area contributed by atoms with Gasteiger partial charge in [-0.3, -0.25) is 4.79 Å². The SMILES string of the molecule is COc1cc(C(=O)OCc2ccc(C(=O)N3CCCC3)cc2)ccc1OCc1ccccc1. The molecule has 0 aromatic heterocycles. The minimum absolute atomic E-state index is 0.0534. The van der Waals surface area contributed by atoms with E-state index in [9.17, 15) is 9.59 Å². The van der Waals surface area contributed by atoms with Gasteiger partial charge >= 0.3 is 5.97 Å². The zero-order valence-corrected chi connectivity index (χ0v) is 18.7. The van der Waals surface area contributed by atoms with Crippen LogP contribution in [0.1, 0.15) is 44.7 Å². The van der Waals surface area contributed by atoms with Crippen LogP contribution in [0.15, 0.2) is 72.8 Å². The minimum atomic E-state index is -0.458. The molecule has 0 N–H and O–H groups in total. The highest BCUT2D eigenvalue weighted by molar-refractivity contribution is 5.94. The van der Waals surface area contributed by atoms with Crippen LogP contribution in [-0.4, -0.2) is 37.0 Å². The number of hydrogen-bond acceptors (Lipinski definition) is 5. The summed E-state index contributed by atoms with van der Waals surface area (Å²) in [5.74, 6) is 0.610. The maximum atomic E-state index is 12.5. The second kappa shape index (κ2) is 10.7. The number of carbonyl (C=O) groups is 2. The van der Waals surface area contributed by atoms with E-state index in [1.54, 1.807) is 30.3 Å². The lowest BCUT2D eigenvalue weighted by Gasteiger charge is -2.15. The number of hydrogen-bond donors (Lipinski definition) is 0. The molecule has 0 bridgehead atoms. The van der Waals surface area contributed by atoms with Crippen LogP contribution in [0.2, 0.25) is 0 Å². The van der Waals surface area contributed by atoms with Crippen LogP contribution in [0.4, 0.5) is 0 Å². The maximum absolute atomic E-state index is 12.5. The molecule has 1 amide bonds. The average Bonchev–Trinajstić information content (AvgIpc) is 3.41. The van der Waals surface area contributed by atoms with E-state index in [1.165, 1.54) is 7.11 Å². The van der Waals surface area contributed by atoms with Crippen molar-refractivity contribution in [3.05, 3.63) is 95.1 Å². The van der Waals surface area contributed by atoms with E-state index >= 15 is 0 Å². The predicted octanol–water partition coefficient (Wildman–Crippen LogP) is 4.87. The molecule has 33 heavy (non-hydrogen) atoms. The Bertz CT molecular complexity index is 1090. The molecule has 3 aromatic carbocycles. The Morgan fingerprint density at radius 2 is 1.45 bits per heavy atom. The summed E-state index contributed by atoms with van der Waals surface area (Å²) in [5, 5.41) is 0. The number of benzene rings is 3. The molecule has 1 saturated heterocycles. The summed E-state index contributed by atoms with van der Waals surface area (Å²) in [6.07, 6.45) is 2.12. The molecule has 0 aliphatic carbocycles. The van der Waals surface area contributed by atoms with Crippen molar-refractivity contribution in [3.8, 4) is 11.5 Å². The molecule has 3 aromatic rings. The van der Waals surface area contributed by atoms with Gasteiger partial charge in [-0.15, -0.1) is 0 Å². The van der Waals surface area contributed by atoms with Crippen molar-refractivity contribution in [2.75, 3.05) is 20.2 Å². The number of nitrogens with zero attached hydrogens (tertiary/aromatic N) is 1. The van der Waals surface area contributed by atoms with Crippen LogP contribution >= 0.6 is 0 Å². The van der Waals surface area contributed by atoms with Gasteiger partial charge < -0.3 is 19.1 Å². The number of likely N-dealkylation sites (tertiary alicyclic amines) is 1. The zero-order chi connectivity index (χ0) is 23.0. The molecule has 1 aliphatic heterocycles. The van der Waals surface area contributed by atoms with Crippen molar-refractivity contribution in [2.45, 2.75) is 26.1 Å². The van der Waals surface area contributed by atoms with Gasteiger partial charge in [-0.05, 0) is 54.3 Å². The van der Waals surface area contributed by atoms with Crippen LogP contribution in [0.25, 0.3) is 0 Å². The number of rotatable bonds is 8. The van der Waals surface area contributed by atoms with Crippen molar-refractivity contribution < 1.29 is 23.8 Å². The van der Waals surface area contributed by atoms with Crippen LogP contribution in [0.5, 0.6) is 11.5 Å². The largest absolute Gasteiger partial charge is 0.493 e. The monoisotopic (exact) mass is 445 g/mol. The smallest absolute Gasteiger partial charge is 0.338 e. The van der Waals surface area contributed by atoms with E-state index in [1.807, 2.05) is 47.4 Å². The number of ether oxygens (including phenoxy) is 3. The first-order valence-electron chi connectivity index (χ1n) is 11.0. The van der Waals surface area contributed by atoms with Gasteiger partial charge in [0.25, 0.3) is 5.91 Å². The molecule has 6 nitrogen and oxygen atoms in total. The quantitative estimate of drug-likeness (QED) is 0.463. The lowest BCUT2D eigenvalue weighted by molar-refractivity contribution is 0.0472. The summed E-state index contributed by atoms with van der Waals surface area (Å²) in [5.41, 5.74) is 2.88. The van der Waals surface area contributed by atoms with E-state index in [0.29, 0.717) is 29.2 Å². The van der Waals surface area contributed by atoms with E-state index < -0.39 is 5.97 Å². The topological polar surface area (TPSA) is 65.1 Å². The number of esters is 1. The molecule has 0 radical (unpaired) electrons. The Hall–Kier alpha value is -3.80. The second-order valence-electron chi connectivity index (χ2n) is 7.91. The van der Waals surface area contributed by atoms with Gasteiger partial charge in [-0.1, -0.05) is 42.5 Å². The molecule has 0 unspecified atom stereocenters. The fourth-order valence-corrected chi connectivity index (χ4v) is 3.73. The molecular formula is C27H27NO5.